The summed E-state index contributed by atoms with van der Waals surface area (Å²) < 4.78 is 79.5. The van der Waals surface area contributed by atoms with Crippen molar-refractivity contribution >= 4 is 76.0 Å². The quantitative estimate of drug-likeness (QED) is 0.0156. The summed E-state index contributed by atoms with van der Waals surface area (Å²) in [5.74, 6) is 1.74. The van der Waals surface area contributed by atoms with Gasteiger partial charge in [0, 0.05) is 86.2 Å². The van der Waals surface area contributed by atoms with Crippen LogP contribution < -0.4 is 49.7 Å². The van der Waals surface area contributed by atoms with Crippen molar-refractivity contribution in [3.8, 4) is 46.0 Å². The lowest BCUT2D eigenvalue weighted by molar-refractivity contribution is -0.132. The van der Waals surface area contributed by atoms with Gasteiger partial charge in [-0.25, -0.2) is 0 Å². The smallest absolute Gasteiger partial charge is 0.260 e. The van der Waals surface area contributed by atoms with Crippen molar-refractivity contribution in [2.75, 3.05) is 152 Å². The van der Waals surface area contributed by atoms with Crippen LogP contribution in [0, 0.1) is 5.92 Å². The van der Waals surface area contributed by atoms with E-state index in [9.17, 15) is 39.0 Å². The molecule has 119 heavy (non-hydrogen) atoms. The van der Waals surface area contributed by atoms with E-state index in [-0.39, 0.29) is 98.9 Å². The largest absolute Gasteiger partial charge is 0.508 e. The predicted octanol–water partition coefficient (Wildman–Crippen LogP) is 12.2. The number of aryl methyl sites for hydroxylation is 1. The van der Waals surface area contributed by atoms with Gasteiger partial charge in [0.2, 0.25) is 30.4 Å². The van der Waals surface area contributed by atoms with Crippen LogP contribution in [0.2, 0.25) is 0 Å². The fourth-order valence-electron chi connectivity index (χ4n) is 14.7. The number of hydrogen-bond acceptors (Lipinski definition) is 24. The van der Waals surface area contributed by atoms with Gasteiger partial charge >= 0.3 is 0 Å². The molecule has 0 aromatic heterocycles. The summed E-state index contributed by atoms with van der Waals surface area (Å²) in [5, 5.41) is 32.7. The molecular weight excluding hydrogens is 1530 g/mol. The van der Waals surface area contributed by atoms with Gasteiger partial charge in [-0.2, -0.15) is 0 Å². The highest BCUT2D eigenvalue weighted by atomic mass is 16.7. The molecule has 29 heteroatoms. The number of amides is 5. The topological polar surface area (TPSA) is 348 Å². The second-order valence-electron chi connectivity index (χ2n) is 30.2. The Labute approximate surface area is 695 Å². The number of allylic oxidation sites excluding steroid dienone is 4. The number of methoxy groups -OCH3 is 2. The number of nitrogens with zero attached hydrogens (tertiary/aromatic N) is 3. The number of ketones is 1. The van der Waals surface area contributed by atoms with E-state index in [2.05, 4.69) is 27.3 Å². The molecule has 2 aliphatic carbocycles. The van der Waals surface area contributed by atoms with E-state index in [1.165, 1.54) is 33.5 Å². The van der Waals surface area contributed by atoms with Crippen LogP contribution in [-0.2, 0) is 63.5 Å². The maximum atomic E-state index is 14.2. The predicted molar refractivity (Wildman–Crippen MR) is 448 cm³/mol. The fraction of sp³-hybridized carbons (Fsp3) is 0.511. The van der Waals surface area contributed by atoms with Gasteiger partial charge in [0.05, 0.1) is 156 Å². The van der Waals surface area contributed by atoms with E-state index in [1.807, 2.05) is 42.7 Å². The van der Waals surface area contributed by atoms with E-state index < -0.39 is 23.9 Å². The molecule has 0 bridgehead atoms. The van der Waals surface area contributed by atoms with Gasteiger partial charge < -0.3 is 103 Å². The van der Waals surface area contributed by atoms with Crippen molar-refractivity contribution in [3.63, 3.8) is 0 Å². The van der Waals surface area contributed by atoms with Crippen molar-refractivity contribution in [2.45, 2.75) is 148 Å². The summed E-state index contributed by atoms with van der Waals surface area (Å²) in [5.41, 5.74) is 9.65. The van der Waals surface area contributed by atoms with Crippen molar-refractivity contribution in [2.24, 2.45) is 15.9 Å². The number of rotatable bonds is 48. The van der Waals surface area contributed by atoms with Crippen molar-refractivity contribution in [3.05, 3.63) is 136 Å². The Morgan fingerprint density at radius 2 is 1.15 bits per heavy atom. The molecule has 0 radical (unpaired) electrons. The number of phenolic OH excluding ortho intramolecular Hbond substituents is 2. The van der Waals surface area contributed by atoms with Gasteiger partial charge in [-0.3, -0.25) is 38.8 Å². The Hall–Kier alpha value is -10.2. The zero-order chi connectivity index (χ0) is 83.7. The molecule has 5 aromatic rings. The molecule has 4 aliphatic heterocycles. The Kier molecular flexibility index (Phi) is 35.3. The maximum Gasteiger partial charge on any atom is 0.260 e. The molecule has 1 saturated carbocycles. The molecule has 6 N–H and O–H groups in total. The number of nitrogens with one attached hydrogen (secondary N) is 4. The standard InChI is InChI=1S/C90H115N7O22/c1-59(2)87(96-86(102)25-29-108-31-33-110-35-37-112-39-41-114-43-44-115-42-40-113-38-36-111-34-32-109-30-26-91-85(101)16-11-15-66-48-77(99)71(50-76(66)98)62-13-9-7-6-8-10-14-62)89(104)94-60(3)88(103)95-69-22-19-61(20-23-69)68-46-70-56-93-75-54-84(81(107-5)52-73(75)90(105)97(70)57-68)117-28-12-27-116-83-53-74-72(51-80(83)106-4)78(100)47-64-18-17-63(45-67(64)55-92-74)65-21-24-79-82(49-65)119-58-118-79/h17,19-24,48-57,59-60,62,70,87,98-99H,6-16,18,25-47,58H2,1-5H3,(H,91,101)(H,94,104)(H,95,103)(H,96,102). The molecule has 6 aliphatic rings. The summed E-state index contributed by atoms with van der Waals surface area (Å²) in [4.78, 5) is 91.4. The van der Waals surface area contributed by atoms with Crippen molar-refractivity contribution < 1.29 is 105 Å². The lowest BCUT2D eigenvalue weighted by atomic mass is 9.85. The minimum Gasteiger partial charge on any atom is -0.508 e. The van der Waals surface area contributed by atoms with Gasteiger partial charge in [-0.05, 0) is 139 Å². The van der Waals surface area contributed by atoms with E-state index >= 15 is 0 Å². The second-order valence-corrected chi connectivity index (χ2v) is 30.2. The summed E-state index contributed by atoms with van der Waals surface area (Å²) >= 11 is 0. The van der Waals surface area contributed by atoms with Crippen LogP contribution in [0.1, 0.15) is 166 Å². The fourth-order valence-corrected chi connectivity index (χ4v) is 14.7. The molecule has 3 unspecified atom stereocenters. The van der Waals surface area contributed by atoms with Crippen LogP contribution >= 0.6 is 0 Å². The van der Waals surface area contributed by atoms with E-state index in [1.54, 1.807) is 80.4 Å². The minimum absolute atomic E-state index is 0.0134. The van der Waals surface area contributed by atoms with Crippen LogP contribution in [-0.4, -0.2) is 227 Å². The Morgan fingerprint density at radius 1 is 0.563 bits per heavy atom. The second kappa shape index (κ2) is 46.9. The van der Waals surface area contributed by atoms with Gasteiger partial charge in [0.15, 0.2) is 40.3 Å². The number of phenols is 2. The van der Waals surface area contributed by atoms with Crippen LogP contribution in [0.15, 0.2) is 112 Å². The van der Waals surface area contributed by atoms with Crippen LogP contribution in [0.5, 0.6) is 46.0 Å². The van der Waals surface area contributed by atoms with E-state index in [4.69, 9.17) is 76.3 Å². The third-order valence-electron chi connectivity index (χ3n) is 21.3. The summed E-state index contributed by atoms with van der Waals surface area (Å²) in [6, 6.07) is 21.1. The van der Waals surface area contributed by atoms with Gasteiger partial charge in [-0.15, -0.1) is 0 Å². The molecule has 5 aromatic carbocycles. The first-order chi connectivity index (χ1) is 58.0. The van der Waals surface area contributed by atoms with Gasteiger partial charge in [0.25, 0.3) is 5.91 Å². The molecule has 3 atom stereocenters. The molecule has 11 rings (SSSR count). The van der Waals surface area contributed by atoms with E-state index in [0.29, 0.717) is 206 Å². The molecule has 1 fully saturated rings. The molecule has 642 valence electrons. The van der Waals surface area contributed by atoms with Crippen molar-refractivity contribution in [1.82, 2.24) is 20.9 Å². The Bertz CT molecular complexity index is 4400. The molecule has 0 spiro atoms. The number of aromatic hydroxyl groups is 2. The average molecular weight is 1650 g/mol. The normalized spacial score (nSPS) is 16.2. The first kappa shape index (κ1) is 89.5. The summed E-state index contributed by atoms with van der Waals surface area (Å²) in [6.45, 7) is 12.1. The van der Waals surface area contributed by atoms with Gasteiger partial charge in [-0.1, -0.05) is 75.8 Å². The number of aliphatic imine (C=N–C) groups is 2. The minimum atomic E-state index is -0.944. The highest BCUT2D eigenvalue weighted by molar-refractivity contribution is 6.07. The number of hydrogen-bond donors (Lipinski definition) is 6. The average Bonchev–Trinajstić information content (AvgIpc) is 1.74. The third kappa shape index (κ3) is 26.9. The molecule has 29 nitrogen and oxygen atoms in total. The number of carbonyl (C=O) groups excluding carboxylic acids is 6. The lowest BCUT2D eigenvalue weighted by Crippen LogP contribution is -2.53. The number of Topliss-reactive ketones (excluding diaryl/α,β-unsaturated/α-hetero) is 1. The number of fused-ring (bicyclic) bond motifs is 4. The first-order valence-electron chi connectivity index (χ1n) is 41.6. The van der Waals surface area contributed by atoms with Crippen LogP contribution in [0.4, 0.5) is 17.1 Å². The number of anilines is 1. The first-order valence-corrected chi connectivity index (χ1v) is 41.6. The molecule has 5 amide bonds. The molecular formula is C90H115N7O22. The van der Waals surface area contributed by atoms with Crippen molar-refractivity contribution in [1.29, 1.82) is 0 Å². The monoisotopic (exact) mass is 1650 g/mol. The van der Waals surface area contributed by atoms with E-state index in [0.717, 1.165) is 70.4 Å². The number of ether oxygens (including phenoxy) is 14. The lowest BCUT2D eigenvalue weighted by Gasteiger charge is -2.24. The van der Waals surface area contributed by atoms with Crippen LogP contribution in [0.3, 0.4) is 0 Å². The maximum absolute atomic E-state index is 14.2. The Balaban J connectivity index is 0.482. The summed E-state index contributed by atoms with van der Waals surface area (Å²) in [6.07, 6.45) is 19.5. The summed E-state index contributed by atoms with van der Waals surface area (Å²) in [7, 11) is 3.04. The molecule has 4 heterocycles. The SMILES string of the molecule is COc1cc2c(cc1OCCCOc1cc3c(cc1OC)C(=O)N1C=C(c4ccc(NC(=O)C(C)NC(=O)C(NC(=O)CCOCCOCCOCCOCCOCCOCCOCCOCCNC(=O)CCCc5cc(O)c(C6CCCCCCC6)cc5O)C(C)C)cc4)CC1C=N3)N=CC1=C(CC=C(c3ccc4c(c3)OCO4)C1)CC2=O. The third-order valence-corrected chi connectivity index (χ3v) is 21.3. The zero-order valence-electron chi connectivity index (χ0n) is 69.1. The Morgan fingerprint density at radius 3 is 1.78 bits per heavy atom. The van der Waals surface area contributed by atoms with Crippen LogP contribution in [0.25, 0.3) is 11.1 Å². The highest BCUT2D eigenvalue weighted by Gasteiger charge is 2.35. The molecule has 0 saturated heterocycles. The zero-order valence-corrected chi connectivity index (χ0v) is 69.1. The number of carbonyl (C=O) groups is 6. The number of benzene rings is 5. The highest BCUT2D eigenvalue weighted by Crippen LogP contribution is 2.45. The van der Waals surface area contributed by atoms with Gasteiger partial charge in [0.1, 0.15) is 23.6 Å².